The molecule has 0 heterocycles. The molecule has 0 N–H and O–H groups in total. The van der Waals surface area contributed by atoms with Crippen molar-refractivity contribution < 1.29 is 4.74 Å². The highest BCUT2D eigenvalue weighted by Gasteiger charge is 2.39. The fraction of sp³-hybridized carbons (Fsp3) is 0.385. The van der Waals surface area contributed by atoms with Crippen molar-refractivity contribution in [2.75, 3.05) is 7.11 Å². The average Bonchev–Trinajstić information content (AvgIpc) is 2.28. The number of nitrogens with zero attached hydrogens (tertiary/aromatic N) is 2. The van der Waals surface area contributed by atoms with Gasteiger partial charge in [-0.05, 0) is 37.0 Å². The monoisotopic (exact) mass is 212 g/mol. The highest BCUT2D eigenvalue weighted by Crippen LogP contribution is 2.43. The van der Waals surface area contributed by atoms with Gasteiger partial charge in [0.2, 0.25) is 0 Å². The van der Waals surface area contributed by atoms with E-state index in [1.165, 1.54) is 0 Å². The standard InChI is InChI=1S/C13H12N2O/c1-16-12-4-3-11(7-10(12)8-14)13(9-15)5-2-6-13/h3-4,7H,2,5-6H2,1H3. The van der Waals surface area contributed by atoms with Crippen LogP contribution in [0.4, 0.5) is 0 Å². The maximum Gasteiger partial charge on any atom is 0.136 e. The lowest BCUT2D eigenvalue weighted by atomic mass is 9.65. The van der Waals surface area contributed by atoms with Gasteiger partial charge in [0.05, 0.1) is 24.2 Å². The highest BCUT2D eigenvalue weighted by molar-refractivity contribution is 5.49. The minimum atomic E-state index is -0.363. The second-order valence-electron chi connectivity index (χ2n) is 4.07. The van der Waals surface area contributed by atoms with Crippen LogP contribution in [0.3, 0.4) is 0 Å². The maximum atomic E-state index is 9.22. The Morgan fingerprint density at radius 3 is 2.50 bits per heavy atom. The predicted octanol–water partition coefficient (Wildman–Crippen LogP) is 2.51. The summed E-state index contributed by atoms with van der Waals surface area (Å²) in [4.78, 5) is 0. The van der Waals surface area contributed by atoms with Gasteiger partial charge in [0, 0.05) is 0 Å². The van der Waals surface area contributed by atoms with Crippen molar-refractivity contribution in [3.63, 3.8) is 0 Å². The lowest BCUT2D eigenvalue weighted by molar-refractivity contribution is 0.323. The molecule has 3 heteroatoms. The zero-order valence-corrected chi connectivity index (χ0v) is 9.16. The van der Waals surface area contributed by atoms with E-state index in [0.29, 0.717) is 11.3 Å². The van der Waals surface area contributed by atoms with Gasteiger partial charge < -0.3 is 4.74 Å². The number of benzene rings is 1. The van der Waals surface area contributed by atoms with E-state index in [0.717, 1.165) is 24.8 Å². The number of nitriles is 2. The molecule has 0 radical (unpaired) electrons. The van der Waals surface area contributed by atoms with E-state index < -0.39 is 0 Å². The van der Waals surface area contributed by atoms with Crippen LogP contribution in [0.5, 0.6) is 5.75 Å². The van der Waals surface area contributed by atoms with Gasteiger partial charge in [0.1, 0.15) is 11.8 Å². The normalized spacial score (nSPS) is 16.7. The molecule has 1 saturated carbocycles. The molecular weight excluding hydrogens is 200 g/mol. The van der Waals surface area contributed by atoms with Crippen molar-refractivity contribution in [3.8, 4) is 17.9 Å². The third-order valence-electron chi connectivity index (χ3n) is 3.29. The van der Waals surface area contributed by atoms with Crippen LogP contribution in [0.1, 0.15) is 30.4 Å². The van der Waals surface area contributed by atoms with Gasteiger partial charge in [-0.2, -0.15) is 10.5 Å². The summed E-state index contributed by atoms with van der Waals surface area (Å²) in [5, 5.41) is 18.2. The molecule has 0 spiro atoms. The Morgan fingerprint density at radius 2 is 2.06 bits per heavy atom. The first kappa shape index (κ1) is 10.5. The molecule has 0 aromatic heterocycles. The van der Waals surface area contributed by atoms with Crippen molar-refractivity contribution >= 4 is 0 Å². The van der Waals surface area contributed by atoms with Crippen LogP contribution in [0.25, 0.3) is 0 Å². The van der Waals surface area contributed by atoms with E-state index in [-0.39, 0.29) is 5.41 Å². The molecule has 1 aromatic carbocycles. The molecule has 1 aromatic rings. The van der Waals surface area contributed by atoms with Gasteiger partial charge in [-0.3, -0.25) is 0 Å². The molecule has 1 aliphatic carbocycles. The fourth-order valence-electron chi connectivity index (χ4n) is 2.09. The molecule has 0 bridgehead atoms. The third-order valence-corrected chi connectivity index (χ3v) is 3.29. The molecule has 16 heavy (non-hydrogen) atoms. The molecule has 1 fully saturated rings. The first-order chi connectivity index (χ1) is 7.75. The summed E-state index contributed by atoms with van der Waals surface area (Å²) in [6.45, 7) is 0. The SMILES string of the molecule is COc1ccc(C2(C#N)CCC2)cc1C#N. The van der Waals surface area contributed by atoms with Gasteiger partial charge in [-0.25, -0.2) is 0 Å². The summed E-state index contributed by atoms with van der Waals surface area (Å²) >= 11 is 0. The molecule has 3 nitrogen and oxygen atoms in total. The first-order valence-electron chi connectivity index (χ1n) is 5.25. The van der Waals surface area contributed by atoms with Gasteiger partial charge in [0.25, 0.3) is 0 Å². The second kappa shape index (κ2) is 3.87. The van der Waals surface area contributed by atoms with Crippen molar-refractivity contribution in [2.45, 2.75) is 24.7 Å². The number of rotatable bonds is 2. The van der Waals surface area contributed by atoms with Crippen LogP contribution in [0, 0.1) is 22.7 Å². The van der Waals surface area contributed by atoms with Crippen LogP contribution in [-0.4, -0.2) is 7.11 Å². The van der Waals surface area contributed by atoms with E-state index in [4.69, 9.17) is 10.00 Å². The molecule has 80 valence electrons. The molecule has 0 unspecified atom stereocenters. The maximum absolute atomic E-state index is 9.22. The van der Waals surface area contributed by atoms with E-state index >= 15 is 0 Å². The van der Waals surface area contributed by atoms with Crippen LogP contribution in [0.15, 0.2) is 18.2 Å². The largest absolute Gasteiger partial charge is 0.495 e. The summed E-state index contributed by atoms with van der Waals surface area (Å²) in [5.74, 6) is 0.568. The topological polar surface area (TPSA) is 56.8 Å². The van der Waals surface area contributed by atoms with E-state index in [1.54, 1.807) is 19.2 Å². The van der Waals surface area contributed by atoms with Crippen molar-refractivity contribution in [3.05, 3.63) is 29.3 Å². The summed E-state index contributed by atoms with van der Waals surface area (Å²) in [6.07, 6.45) is 2.86. The lowest BCUT2D eigenvalue weighted by Gasteiger charge is -2.35. The Hall–Kier alpha value is -2.00. The van der Waals surface area contributed by atoms with E-state index in [2.05, 4.69) is 12.1 Å². The number of methoxy groups -OCH3 is 1. The number of hydrogen-bond donors (Lipinski definition) is 0. The Bertz CT molecular complexity index is 490. The quantitative estimate of drug-likeness (QED) is 0.756. The second-order valence-corrected chi connectivity index (χ2v) is 4.07. The van der Waals surface area contributed by atoms with Crippen LogP contribution >= 0.6 is 0 Å². The van der Waals surface area contributed by atoms with Crippen LogP contribution in [-0.2, 0) is 5.41 Å². The first-order valence-corrected chi connectivity index (χ1v) is 5.25. The van der Waals surface area contributed by atoms with E-state index in [1.807, 2.05) is 6.07 Å². The minimum Gasteiger partial charge on any atom is -0.495 e. The molecule has 2 rings (SSSR count). The zero-order valence-electron chi connectivity index (χ0n) is 9.16. The molecule has 1 aliphatic rings. The molecule has 0 aliphatic heterocycles. The van der Waals surface area contributed by atoms with Gasteiger partial charge >= 0.3 is 0 Å². The number of hydrogen-bond acceptors (Lipinski definition) is 3. The smallest absolute Gasteiger partial charge is 0.136 e. The third kappa shape index (κ3) is 1.42. The molecule has 0 atom stereocenters. The Kier molecular flexibility index (Phi) is 2.54. The molecule has 0 saturated heterocycles. The van der Waals surface area contributed by atoms with Crippen molar-refractivity contribution in [1.82, 2.24) is 0 Å². The van der Waals surface area contributed by atoms with Crippen molar-refractivity contribution in [2.24, 2.45) is 0 Å². The van der Waals surface area contributed by atoms with Gasteiger partial charge in [-0.15, -0.1) is 0 Å². The van der Waals surface area contributed by atoms with Crippen LogP contribution in [0.2, 0.25) is 0 Å². The Balaban J connectivity index is 2.45. The lowest BCUT2D eigenvalue weighted by Crippen LogP contribution is -2.32. The summed E-state index contributed by atoms with van der Waals surface area (Å²) < 4.78 is 5.08. The predicted molar refractivity (Wildman–Crippen MR) is 58.9 cm³/mol. The fourth-order valence-corrected chi connectivity index (χ4v) is 2.09. The number of ether oxygens (including phenoxy) is 1. The summed E-state index contributed by atoms with van der Waals surface area (Å²) in [5.41, 5.74) is 1.08. The van der Waals surface area contributed by atoms with E-state index in [9.17, 15) is 5.26 Å². The zero-order chi connectivity index (χ0) is 11.6. The van der Waals surface area contributed by atoms with Crippen molar-refractivity contribution in [1.29, 1.82) is 10.5 Å². The Labute approximate surface area is 94.9 Å². The molecular formula is C13H12N2O. The summed E-state index contributed by atoms with van der Waals surface area (Å²) in [6, 6.07) is 9.91. The average molecular weight is 212 g/mol. The minimum absolute atomic E-state index is 0.363. The molecule has 0 amide bonds. The highest BCUT2D eigenvalue weighted by atomic mass is 16.5. The van der Waals surface area contributed by atoms with Crippen LogP contribution < -0.4 is 4.74 Å². The Morgan fingerprint density at radius 1 is 1.31 bits per heavy atom. The van der Waals surface area contributed by atoms with Gasteiger partial charge in [0.15, 0.2) is 0 Å². The van der Waals surface area contributed by atoms with Gasteiger partial charge in [-0.1, -0.05) is 6.07 Å². The summed E-state index contributed by atoms with van der Waals surface area (Å²) in [7, 11) is 1.54.